The van der Waals surface area contributed by atoms with Crippen LogP contribution in [0.1, 0.15) is 32.1 Å². The van der Waals surface area contributed by atoms with Crippen molar-refractivity contribution in [2.24, 2.45) is 5.14 Å². The van der Waals surface area contributed by atoms with Crippen LogP contribution in [0.4, 0.5) is 8.78 Å². The van der Waals surface area contributed by atoms with Gasteiger partial charge in [-0.1, -0.05) is 6.42 Å². The second-order valence-electron chi connectivity index (χ2n) is 3.73. The number of hydrogen-bond donors (Lipinski definition) is 1. The van der Waals surface area contributed by atoms with Crippen molar-refractivity contribution in [2.45, 2.75) is 43.5 Å². The van der Waals surface area contributed by atoms with E-state index in [0.717, 1.165) is 19.3 Å². The van der Waals surface area contributed by atoms with Crippen LogP contribution in [0.2, 0.25) is 0 Å². The van der Waals surface area contributed by atoms with Crippen molar-refractivity contribution in [3.63, 3.8) is 0 Å². The van der Waals surface area contributed by atoms with E-state index in [1.165, 1.54) is 0 Å². The van der Waals surface area contributed by atoms with Crippen LogP contribution in [-0.2, 0) is 19.6 Å². The summed E-state index contributed by atoms with van der Waals surface area (Å²) in [5.41, 5.74) is 0. The number of halogens is 2. The topological polar surface area (TPSA) is 86.5 Å². The number of alkyl halides is 2. The van der Waals surface area contributed by atoms with Crippen LogP contribution in [0.15, 0.2) is 0 Å². The van der Waals surface area contributed by atoms with E-state index >= 15 is 0 Å². The Morgan fingerprint density at radius 1 is 1.25 bits per heavy atom. The molecule has 94 valence electrons. The Hall–Kier alpha value is -0.760. The predicted octanol–water partition coefficient (Wildman–Crippen LogP) is 0.744. The molecular formula is C8H13F2NO4S. The van der Waals surface area contributed by atoms with Crippen LogP contribution in [0.5, 0.6) is 0 Å². The lowest BCUT2D eigenvalue weighted by Gasteiger charge is -2.23. The lowest BCUT2D eigenvalue weighted by molar-refractivity contribution is -0.168. The normalized spacial score (nSPS) is 19.4. The molecule has 16 heavy (non-hydrogen) atoms. The number of ether oxygens (including phenoxy) is 1. The van der Waals surface area contributed by atoms with E-state index in [1.54, 1.807) is 0 Å². The van der Waals surface area contributed by atoms with Gasteiger partial charge in [-0.15, -0.1) is 0 Å². The van der Waals surface area contributed by atoms with Gasteiger partial charge >= 0.3 is 11.2 Å². The molecule has 0 bridgehead atoms. The highest BCUT2D eigenvalue weighted by Gasteiger charge is 2.53. The molecule has 2 N–H and O–H groups in total. The number of hydrogen-bond acceptors (Lipinski definition) is 4. The van der Waals surface area contributed by atoms with Gasteiger partial charge in [0.15, 0.2) is 0 Å². The number of rotatable bonds is 3. The van der Waals surface area contributed by atoms with Gasteiger partial charge in [0.05, 0.1) is 0 Å². The Bertz CT molecular complexity index is 362. The van der Waals surface area contributed by atoms with E-state index < -0.39 is 27.4 Å². The van der Waals surface area contributed by atoms with Gasteiger partial charge in [-0.3, -0.25) is 0 Å². The predicted molar refractivity (Wildman–Crippen MR) is 51.0 cm³/mol. The molecule has 0 unspecified atom stereocenters. The molecule has 1 aliphatic rings. The highest BCUT2D eigenvalue weighted by molar-refractivity contribution is 7.91. The summed E-state index contributed by atoms with van der Waals surface area (Å²) in [4.78, 5) is 10.9. The monoisotopic (exact) mass is 257 g/mol. The average Bonchev–Trinajstić information content (AvgIpc) is 2.17. The lowest BCUT2D eigenvalue weighted by Crippen LogP contribution is -2.45. The Morgan fingerprint density at radius 2 is 1.75 bits per heavy atom. The first kappa shape index (κ1) is 13.3. The molecule has 1 saturated carbocycles. The molecule has 1 fully saturated rings. The molecule has 8 heteroatoms. The molecule has 0 atom stereocenters. The van der Waals surface area contributed by atoms with Gasteiger partial charge in [-0.25, -0.2) is 18.4 Å². The van der Waals surface area contributed by atoms with Gasteiger partial charge in [0.25, 0.3) is 10.0 Å². The fraction of sp³-hybridized carbons (Fsp3) is 0.875. The minimum atomic E-state index is -5.26. The first-order valence-electron chi connectivity index (χ1n) is 4.86. The molecule has 0 saturated heterocycles. The number of esters is 1. The molecule has 0 radical (unpaired) electrons. The van der Waals surface area contributed by atoms with Crippen LogP contribution in [-0.4, -0.2) is 25.7 Å². The highest BCUT2D eigenvalue weighted by Crippen LogP contribution is 2.26. The second-order valence-corrected chi connectivity index (χ2v) is 5.33. The van der Waals surface area contributed by atoms with Crippen LogP contribution in [0, 0.1) is 0 Å². The summed E-state index contributed by atoms with van der Waals surface area (Å²) in [6.07, 6.45) is 2.84. The molecule has 0 aromatic heterocycles. The first-order valence-corrected chi connectivity index (χ1v) is 6.41. The minimum absolute atomic E-state index is 0.479. The summed E-state index contributed by atoms with van der Waals surface area (Å²) in [5, 5.41) is -0.422. The highest BCUT2D eigenvalue weighted by atomic mass is 32.2. The van der Waals surface area contributed by atoms with E-state index in [9.17, 15) is 22.0 Å². The third-order valence-corrected chi connectivity index (χ3v) is 3.30. The zero-order chi connectivity index (χ0) is 12.4. The van der Waals surface area contributed by atoms with Crippen LogP contribution >= 0.6 is 0 Å². The molecule has 1 aliphatic carbocycles. The van der Waals surface area contributed by atoms with Crippen LogP contribution < -0.4 is 5.14 Å². The number of carbonyl (C=O) groups is 1. The molecule has 0 aromatic carbocycles. The summed E-state index contributed by atoms with van der Waals surface area (Å²) in [5.74, 6) is -2.08. The fourth-order valence-electron chi connectivity index (χ4n) is 1.52. The summed E-state index contributed by atoms with van der Waals surface area (Å²) in [6.45, 7) is 0. The summed E-state index contributed by atoms with van der Waals surface area (Å²) < 4.78 is 51.1. The largest absolute Gasteiger partial charge is 0.457 e. The van der Waals surface area contributed by atoms with Gasteiger partial charge < -0.3 is 4.74 Å². The van der Waals surface area contributed by atoms with E-state index in [4.69, 9.17) is 0 Å². The van der Waals surface area contributed by atoms with Gasteiger partial charge in [0.1, 0.15) is 6.10 Å². The Morgan fingerprint density at radius 3 is 2.19 bits per heavy atom. The third-order valence-electron chi connectivity index (χ3n) is 2.42. The van der Waals surface area contributed by atoms with Crippen molar-refractivity contribution in [1.82, 2.24) is 0 Å². The molecule has 0 amide bonds. The smallest absolute Gasteiger partial charge is 0.454 e. The van der Waals surface area contributed by atoms with Crippen molar-refractivity contribution in [2.75, 3.05) is 0 Å². The van der Waals surface area contributed by atoms with E-state index in [-0.39, 0.29) is 0 Å². The van der Waals surface area contributed by atoms with Gasteiger partial charge in [0.2, 0.25) is 0 Å². The standard InChI is InChI=1S/C8H13F2NO4S/c9-8(10,16(11,13)14)7(12)15-6-4-2-1-3-5-6/h6H,1-5H2,(H2,11,13,14). The van der Waals surface area contributed by atoms with Gasteiger partial charge in [-0.05, 0) is 25.7 Å². The molecular weight excluding hydrogens is 244 g/mol. The minimum Gasteiger partial charge on any atom is -0.457 e. The van der Waals surface area contributed by atoms with E-state index in [1.807, 2.05) is 0 Å². The maximum Gasteiger partial charge on any atom is 0.454 e. The van der Waals surface area contributed by atoms with E-state index in [0.29, 0.717) is 12.8 Å². The Balaban J connectivity index is 2.64. The van der Waals surface area contributed by atoms with Gasteiger partial charge in [-0.2, -0.15) is 8.78 Å². The maximum absolute atomic E-state index is 12.9. The quantitative estimate of drug-likeness (QED) is 0.755. The first-order chi connectivity index (χ1) is 7.25. The molecule has 0 aliphatic heterocycles. The number of sulfonamides is 1. The van der Waals surface area contributed by atoms with Crippen molar-refractivity contribution in [1.29, 1.82) is 0 Å². The Kier molecular flexibility index (Phi) is 3.84. The zero-order valence-electron chi connectivity index (χ0n) is 8.49. The molecule has 0 heterocycles. The Labute approximate surface area is 92.0 Å². The van der Waals surface area contributed by atoms with Crippen molar-refractivity contribution >= 4 is 16.0 Å². The van der Waals surface area contributed by atoms with Gasteiger partial charge in [0, 0.05) is 0 Å². The number of primary sulfonamides is 1. The summed E-state index contributed by atoms with van der Waals surface area (Å²) in [6, 6.07) is 0. The average molecular weight is 257 g/mol. The number of carbonyl (C=O) groups excluding carboxylic acids is 1. The maximum atomic E-state index is 12.9. The summed E-state index contributed by atoms with van der Waals surface area (Å²) >= 11 is 0. The van der Waals surface area contributed by atoms with Crippen molar-refractivity contribution in [3.8, 4) is 0 Å². The molecule has 0 spiro atoms. The van der Waals surface area contributed by atoms with Crippen LogP contribution in [0.3, 0.4) is 0 Å². The zero-order valence-corrected chi connectivity index (χ0v) is 9.30. The van der Waals surface area contributed by atoms with E-state index in [2.05, 4.69) is 9.88 Å². The van der Waals surface area contributed by atoms with Crippen molar-refractivity contribution < 1.29 is 26.7 Å². The third kappa shape index (κ3) is 2.88. The lowest BCUT2D eigenvalue weighted by atomic mass is 9.98. The fourth-order valence-corrected chi connectivity index (χ4v) is 1.80. The molecule has 5 nitrogen and oxygen atoms in total. The molecule has 0 aromatic rings. The summed E-state index contributed by atoms with van der Waals surface area (Å²) in [7, 11) is -5.26. The SMILES string of the molecule is NS(=O)(=O)C(F)(F)C(=O)OC1CCCCC1. The molecule has 1 rings (SSSR count). The van der Waals surface area contributed by atoms with Crippen molar-refractivity contribution in [3.05, 3.63) is 0 Å². The van der Waals surface area contributed by atoms with Crippen LogP contribution in [0.25, 0.3) is 0 Å². The second kappa shape index (κ2) is 4.62. The number of nitrogens with two attached hydrogens (primary N) is 1.